The second-order valence-corrected chi connectivity index (χ2v) is 8.03. The average molecular weight is 302 g/mol. The summed E-state index contributed by atoms with van der Waals surface area (Å²) in [6.45, 7) is 1.82. The predicted molar refractivity (Wildman–Crippen MR) is 83.1 cm³/mol. The van der Waals surface area contributed by atoms with Crippen molar-refractivity contribution in [3.05, 3.63) is 11.6 Å². The normalized spacial score (nSPS) is 45.6. The van der Waals surface area contributed by atoms with Gasteiger partial charge in [-0.1, -0.05) is 11.6 Å². The number of rotatable bonds is 1. The lowest BCUT2D eigenvalue weighted by molar-refractivity contribution is -0.143. The summed E-state index contributed by atoms with van der Waals surface area (Å²) in [4.78, 5) is 24.3. The molecule has 0 aromatic carbocycles. The fraction of sp³-hybridized carbons (Fsp3) is 0.789. The number of carbonyl (C=O) groups excluding carboxylic acids is 2. The van der Waals surface area contributed by atoms with E-state index in [-0.39, 0.29) is 0 Å². The molecule has 3 saturated carbocycles. The summed E-state index contributed by atoms with van der Waals surface area (Å²) in [6.07, 6.45) is 8.72. The smallest absolute Gasteiger partial charge is 0.141 e. The molecule has 0 aliphatic heterocycles. The number of fused-ring (bicyclic) bond motifs is 5. The molecule has 0 spiro atoms. The van der Waals surface area contributed by atoms with Gasteiger partial charge in [0.25, 0.3) is 0 Å². The molecule has 4 aliphatic rings. The highest BCUT2D eigenvalue weighted by Crippen LogP contribution is 2.61. The summed E-state index contributed by atoms with van der Waals surface area (Å²) >= 11 is 0. The number of carbonyl (C=O) groups is 2. The van der Waals surface area contributed by atoms with E-state index in [1.54, 1.807) is 0 Å². The van der Waals surface area contributed by atoms with Crippen LogP contribution in [0.3, 0.4) is 0 Å². The molecule has 0 saturated heterocycles. The zero-order valence-corrected chi connectivity index (χ0v) is 13.4. The minimum Gasteiger partial charge on any atom is -0.392 e. The highest BCUT2D eigenvalue weighted by Gasteiger charge is 2.60. The van der Waals surface area contributed by atoms with Crippen LogP contribution in [0.25, 0.3) is 0 Å². The first kappa shape index (κ1) is 14.6. The largest absolute Gasteiger partial charge is 0.392 e. The maximum atomic E-state index is 12.6. The van der Waals surface area contributed by atoms with Gasteiger partial charge in [0.15, 0.2) is 0 Å². The lowest BCUT2D eigenvalue weighted by Crippen LogP contribution is -2.52. The molecule has 0 amide bonds. The molecule has 3 fully saturated rings. The highest BCUT2D eigenvalue weighted by molar-refractivity contribution is 5.88. The zero-order chi connectivity index (χ0) is 15.5. The number of hydrogen-bond acceptors (Lipinski definition) is 3. The van der Waals surface area contributed by atoms with E-state index in [4.69, 9.17) is 0 Å². The topological polar surface area (TPSA) is 54.4 Å². The Hall–Kier alpha value is -0.960. The maximum absolute atomic E-state index is 12.6. The Labute approximate surface area is 132 Å². The Morgan fingerprint density at radius 1 is 1.18 bits per heavy atom. The first-order valence-electron chi connectivity index (χ1n) is 8.96. The van der Waals surface area contributed by atoms with Gasteiger partial charge in [-0.3, -0.25) is 9.59 Å². The fourth-order valence-corrected chi connectivity index (χ4v) is 6.36. The van der Waals surface area contributed by atoms with Crippen LogP contribution in [-0.2, 0) is 9.59 Å². The quantitative estimate of drug-likeness (QED) is 0.757. The summed E-state index contributed by atoms with van der Waals surface area (Å²) in [5.41, 5.74) is 0.920. The highest BCUT2D eigenvalue weighted by atomic mass is 16.3. The van der Waals surface area contributed by atoms with Crippen LogP contribution in [0.5, 0.6) is 0 Å². The number of allylic oxidation sites excluding steroid dienone is 2. The van der Waals surface area contributed by atoms with Crippen LogP contribution in [0.15, 0.2) is 11.6 Å². The molecule has 6 atom stereocenters. The predicted octanol–water partition coefficient (Wildman–Crippen LogP) is 3.06. The van der Waals surface area contributed by atoms with Gasteiger partial charge in [0.2, 0.25) is 0 Å². The van der Waals surface area contributed by atoms with Crippen LogP contribution in [0.2, 0.25) is 0 Å². The van der Waals surface area contributed by atoms with Gasteiger partial charge in [0.1, 0.15) is 11.6 Å². The lowest BCUT2D eigenvalue weighted by Gasteiger charge is -2.53. The third kappa shape index (κ3) is 1.84. The number of aliphatic hydroxyl groups excluding tert-OH is 1. The van der Waals surface area contributed by atoms with Crippen molar-refractivity contribution < 1.29 is 14.7 Å². The van der Waals surface area contributed by atoms with Crippen LogP contribution in [0, 0.1) is 29.1 Å². The Morgan fingerprint density at radius 3 is 2.77 bits per heavy atom. The van der Waals surface area contributed by atoms with Crippen molar-refractivity contribution >= 4 is 11.6 Å². The zero-order valence-electron chi connectivity index (χ0n) is 13.4. The average Bonchev–Trinajstić information content (AvgIpc) is 2.85. The summed E-state index contributed by atoms with van der Waals surface area (Å²) in [7, 11) is 0. The van der Waals surface area contributed by atoms with Crippen LogP contribution in [0.1, 0.15) is 58.3 Å². The van der Waals surface area contributed by atoms with E-state index in [1.165, 1.54) is 5.57 Å². The maximum Gasteiger partial charge on any atom is 0.141 e. The van der Waals surface area contributed by atoms with Gasteiger partial charge in [-0.2, -0.15) is 0 Å². The molecular formula is C19H26O3. The fourth-order valence-electron chi connectivity index (χ4n) is 6.36. The molecule has 4 aliphatic carbocycles. The molecule has 1 unspecified atom stereocenters. The van der Waals surface area contributed by atoms with Crippen molar-refractivity contribution in [3.63, 3.8) is 0 Å². The van der Waals surface area contributed by atoms with E-state index in [2.05, 4.69) is 6.08 Å². The molecule has 0 radical (unpaired) electrons. The molecule has 120 valence electrons. The van der Waals surface area contributed by atoms with Crippen molar-refractivity contribution in [1.29, 1.82) is 0 Å². The SMILES string of the molecule is CC(O)[C@]12CC[C@H]3[C@@H](CC=C4CC(=O)CC[C@@H]43)[C@@H]1CCC2=O. The molecule has 1 N–H and O–H groups in total. The first-order chi connectivity index (χ1) is 10.5. The molecule has 22 heavy (non-hydrogen) atoms. The lowest BCUT2D eigenvalue weighted by atomic mass is 9.51. The van der Waals surface area contributed by atoms with Crippen LogP contribution >= 0.6 is 0 Å². The molecule has 3 heteroatoms. The number of Topliss-reactive ketones (excluding diaryl/α,β-unsaturated/α-hetero) is 2. The van der Waals surface area contributed by atoms with Crippen LogP contribution in [-0.4, -0.2) is 22.8 Å². The number of hydrogen-bond donors (Lipinski definition) is 1. The van der Waals surface area contributed by atoms with E-state index >= 15 is 0 Å². The Bertz CT molecular complexity index is 547. The monoisotopic (exact) mass is 302 g/mol. The van der Waals surface area contributed by atoms with Gasteiger partial charge >= 0.3 is 0 Å². The van der Waals surface area contributed by atoms with Crippen molar-refractivity contribution in [2.45, 2.75) is 64.4 Å². The minimum absolute atomic E-state index is 0.305. The third-order valence-electron chi connectivity index (χ3n) is 7.35. The first-order valence-corrected chi connectivity index (χ1v) is 8.96. The van der Waals surface area contributed by atoms with Gasteiger partial charge < -0.3 is 5.11 Å². The summed E-state index contributed by atoms with van der Waals surface area (Å²) in [5, 5.41) is 10.4. The summed E-state index contributed by atoms with van der Waals surface area (Å²) in [6, 6.07) is 0. The van der Waals surface area contributed by atoms with Crippen LogP contribution < -0.4 is 0 Å². The van der Waals surface area contributed by atoms with E-state index in [0.29, 0.717) is 48.1 Å². The molecule has 0 aromatic heterocycles. The van der Waals surface area contributed by atoms with Crippen molar-refractivity contribution in [3.8, 4) is 0 Å². The van der Waals surface area contributed by atoms with E-state index in [1.807, 2.05) is 6.92 Å². The Balaban J connectivity index is 1.67. The van der Waals surface area contributed by atoms with Gasteiger partial charge in [-0.25, -0.2) is 0 Å². The third-order valence-corrected chi connectivity index (χ3v) is 7.35. The van der Waals surface area contributed by atoms with Gasteiger partial charge in [-0.05, 0) is 62.7 Å². The second-order valence-electron chi connectivity index (χ2n) is 8.03. The molecular weight excluding hydrogens is 276 g/mol. The molecule has 3 nitrogen and oxygen atoms in total. The van der Waals surface area contributed by atoms with Gasteiger partial charge in [-0.15, -0.1) is 0 Å². The van der Waals surface area contributed by atoms with E-state index in [9.17, 15) is 14.7 Å². The van der Waals surface area contributed by atoms with Gasteiger partial charge in [0, 0.05) is 19.3 Å². The number of ketones is 2. The summed E-state index contributed by atoms with van der Waals surface area (Å²) in [5.74, 6) is 2.80. The van der Waals surface area contributed by atoms with E-state index < -0.39 is 11.5 Å². The van der Waals surface area contributed by atoms with Crippen LogP contribution in [0.4, 0.5) is 0 Å². The second kappa shape index (κ2) is 5.02. The van der Waals surface area contributed by atoms with E-state index in [0.717, 1.165) is 38.5 Å². The molecule has 0 aromatic rings. The molecule has 0 heterocycles. The van der Waals surface area contributed by atoms with Gasteiger partial charge in [0.05, 0.1) is 11.5 Å². The summed E-state index contributed by atoms with van der Waals surface area (Å²) < 4.78 is 0. The molecule has 0 bridgehead atoms. The van der Waals surface area contributed by atoms with Crippen molar-refractivity contribution in [1.82, 2.24) is 0 Å². The number of aliphatic hydroxyl groups is 1. The molecule has 4 rings (SSSR count). The van der Waals surface area contributed by atoms with Crippen molar-refractivity contribution in [2.24, 2.45) is 29.1 Å². The Morgan fingerprint density at radius 2 is 2.00 bits per heavy atom. The van der Waals surface area contributed by atoms with Crippen molar-refractivity contribution in [2.75, 3.05) is 0 Å². The Kier molecular flexibility index (Phi) is 3.34. The minimum atomic E-state index is -0.522. The standard InChI is InChI=1S/C19H26O3/c1-11(20)19-9-8-15-14-5-3-13(21)10-12(14)2-4-16(15)17(19)6-7-18(19)22/h2,11,14-17,20H,3-10H2,1H3/t11?,14-,15+,16+,17-,19+/m0/s1.